The maximum absolute atomic E-state index is 12.4. The van der Waals surface area contributed by atoms with Crippen LogP contribution in [0.5, 0.6) is 0 Å². The van der Waals surface area contributed by atoms with Gasteiger partial charge in [-0.3, -0.25) is 9.59 Å². The van der Waals surface area contributed by atoms with E-state index in [1.54, 1.807) is 17.9 Å². The van der Waals surface area contributed by atoms with E-state index in [4.69, 9.17) is 4.52 Å². The third-order valence-corrected chi connectivity index (χ3v) is 4.10. The Hall–Kier alpha value is -1.60. The zero-order valence-electron chi connectivity index (χ0n) is 12.6. The van der Waals surface area contributed by atoms with Crippen LogP contribution in [-0.4, -0.2) is 65.5 Å². The molecule has 2 aliphatic rings. The fourth-order valence-electron chi connectivity index (χ4n) is 3.03. The van der Waals surface area contributed by atoms with E-state index in [1.165, 1.54) is 0 Å². The normalized spacial score (nSPS) is 22.4. The average Bonchev–Trinajstić information content (AvgIpc) is 2.94. The number of aromatic nitrogens is 1. The smallest absolute Gasteiger partial charge is 0.276 e. The van der Waals surface area contributed by atoms with Gasteiger partial charge in [0.05, 0.1) is 6.54 Å². The number of carbonyl (C=O) groups is 2. The first-order valence-corrected chi connectivity index (χ1v) is 7.38. The number of likely N-dealkylation sites (tertiary alicyclic amines) is 1. The van der Waals surface area contributed by atoms with Crippen LogP contribution >= 0.6 is 12.4 Å². The van der Waals surface area contributed by atoms with Crippen LogP contribution in [-0.2, 0) is 4.79 Å². The molecule has 22 heavy (non-hydrogen) atoms. The summed E-state index contributed by atoms with van der Waals surface area (Å²) in [5, 5.41) is 6.86. The maximum atomic E-state index is 12.4. The van der Waals surface area contributed by atoms with Gasteiger partial charge < -0.3 is 19.6 Å². The van der Waals surface area contributed by atoms with Crippen molar-refractivity contribution < 1.29 is 14.1 Å². The van der Waals surface area contributed by atoms with Gasteiger partial charge in [0, 0.05) is 38.3 Å². The molecule has 1 atom stereocenters. The average molecular weight is 329 g/mol. The van der Waals surface area contributed by atoms with Crippen molar-refractivity contribution in [2.24, 2.45) is 0 Å². The number of carbonyl (C=O) groups excluding carboxylic acids is 2. The molecule has 0 spiro atoms. The molecule has 3 rings (SSSR count). The number of nitrogens with zero attached hydrogens (tertiary/aromatic N) is 3. The van der Waals surface area contributed by atoms with Gasteiger partial charge in [-0.25, -0.2) is 0 Å². The minimum Gasteiger partial charge on any atom is -0.361 e. The summed E-state index contributed by atoms with van der Waals surface area (Å²) in [6.45, 7) is 4.99. The van der Waals surface area contributed by atoms with Gasteiger partial charge in [-0.2, -0.15) is 0 Å². The van der Waals surface area contributed by atoms with Gasteiger partial charge in [-0.05, 0) is 19.8 Å². The highest BCUT2D eigenvalue weighted by molar-refractivity contribution is 5.92. The standard InChI is InChI=1S/C14H20N4O3.ClH/c1-10-7-12(16-21-10)14(20)17-5-2-3-11(9-17)18-6-4-15-8-13(18)19;/h7,11,15H,2-6,8-9H2,1H3;1H. The van der Waals surface area contributed by atoms with Crippen LogP contribution in [0.1, 0.15) is 29.1 Å². The van der Waals surface area contributed by atoms with Crippen LogP contribution in [0.15, 0.2) is 10.6 Å². The lowest BCUT2D eigenvalue weighted by Gasteiger charge is -2.40. The zero-order valence-corrected chi connectivity index (χ0v) is 13.4. The number of rotatable bonds is 2. The van der Waals surface area contributed by atoms with Crippen LogP contribution in [0.4, 0.5) is 0 Å². The first-order chi connectivity index (χ1) is 10.1. The molecule has 2 fully saturated rings. The Balaban J connectivity index is 0.00000176. The second-order valence-electron chi connectivity index (χ2n) is 5.63. The first-order valence-electron chi connectivity index (χ1n) is 7.38. The molecule has 0 aromatic carbocycles. The quantitative estimate of drug-likeness (QED) is 0.852. The Morgan fingerprint density at radius 1 is 1.45 bits per heavy atom. The summed E-state index contributed by atoms with van der Waals surface area (Å²) in [5.41, 5.74) is 0.347. The minimum atomic E-state index is -0.112. The van der Waals surface area contributed by atoms with Crippen LogP contribution in [0.2, 0.25) is 0 Å². The monoisotopic (exact) mass is 328 g/mol. The van der Waals surface area contributed by atoms with Crippen molar-refractivity contribution in [2.45, 2.75) is 25.8 Å². The zero-order chi connectivity index (χ0) is 14.8. The van der Waals surface area contributed by atoms with Gasteiger partial charge in [-0.1, -0.05) is 5.16 Å². The van der Waals surface area contributed by atoms with Gasteiger partial charge in [0.15, 0.2) is 5.69 Å². The Labute approximate surface area is 135 Å². The van der Waals surface area contributed by atoms with E-state index < -0.39 is 0 Å². The highest BCUT2D eigenvalue weighted by Crippen LogP contribution is 2.19. The number of aryl methyl sites for hydroxylation is 1. The Kier molecular flexibility index (Phi) is 5.42. The molecule has 1 aromatic rings. The van der Waals surface area contributed by atoms with Crippen LogP contribution in [0.25, 0.3) is 0 Å². The number of hydrogen-bond donors (Lipinski definition) is 1. The van der Waals surface area contributed by atoms with Gasteiger partial charge in [-0.15, -0.1) is 12.4 Å². The molecular formula is C14H21ClN4O3. The van der Waals surface area contributed by atoms with Crippen molar-refractivity contribution in [3.05, 3.63) is 17.5 Å². The van der Waals surface area contributed by atoms with E-state index in [2.05, 4.69) is 10.5 Å². The van der Waals surface area contributed by atoms with Crippen molar-refractivity contribution in [1.82, 2.24) is 20.3 Å². The molecule has 7 nitrogen and oxygen atoms in total. The molecule has 0 aliphatic carbocycles. The predicted octanol–water partition coefficient (Wildman–Crippen LogP) is 0.441. The molecule has 0 bridgehead atoms. The third kappa shape index (κ3) is 3.41. The molecule has 2 saturated heterocycles. The first kappa shape index (κ1) is 16.8. The number of piperazine rings is 1. The second kappa shape index (κ2) is 7.11. The molecule has 2 aliphatic heterocycles. The lowest BCUT2D eigenvalue weighted by Crippen LogP contribution is -2.57. The summed E-state index contributed by atoms with van der Waals surface area (Å²) in [7, 11) is 0. The summed E-state index contributed by atoms with van der Waals surface area (Å²) in [5.74, 6) is 0.640. The largest absolute Gasteiger partial charge is 0.361 e. The molecule has 1 unspecified atom stereocenters. The highest BCUT2D eigenvalue weighted by Gasteiger charge is 2.32. The van der Waals surface area contributed by atoms with Crippen molar-refractivity contribution in [3.63, 3.8) is 0 Å². The van der Waals surface area contributed by atoms with E-state index in [0.717, 1.165) is 19.4 Å². The van der Waals surface area contributed by atoms with Crippen molar-refractivity contribution in [2.75, 3.05) is 32.7 Å². The Morgan fingerprint density at radius 3 is 2.95 bits per heavy atom. The molecule has 1 aromatic heterocycles. The van der Waals surface area contributed by atoms with Crippen molar-refractivity contribution in [1.29, 1.82) is 0 Å². The summed E-state index contributed by atoms with van der Waals surface area (Å²) < 4.78 is 4.97. The highest BCUT2D eigenvalue weighted by atomic mass is 35.5. The van der Waals surface area contributed by atoms with Crippen molar-refractivity contribution >= 4 is 24.2 Å². The molecule has 8 heteroatoms. The Morgan fingerprint density at radius 2 is 2.27 bits per heavy atom. The van der Waals surface area contributed by atoms with Gasteiger partial charge >= 0.3 is 0 Å². The van der Waals surface area contributed by atoms with E-state index in [1.807, 2.05) is 4.90 Å². The van der Waals surface area contributed by atoms with Crippen LogP contribution < -0.4 is 5.32 Å². The molecule has 122 valence electrons. The van der Waals surface area contributed by atoms with Crippen LogP contribution in [0.3, 0.4) is 0 Å². The number of piperidine rings is 1. The molecule has 0 saturated carbocycles. The van der Waals surface area contributed by atoms with E-state index >= 15 is 0 Å². The van der Waals surface area contributed by atoms with E-state index in [-0.39, 0.29) is 30.3 Å². The SMILES string of the molecule is Cc1cc(C(=O)N2CCCC(N3CCNCC3=O)C2)no1.Cl. The van der Waals surface area contributed by atoms with Gasteiger partial charge in [0.1, 0.15) is 5.76 Å². The fraction of sp³-hybridized carbons (Fsp3) is 0.643. The summed E-state index contributed by atoms with van der Waals surface area (Å²) in [6, 6.07) is 1.77. The summed E-state index contributed by atoms with van der Waals surface area (Å²) >= 11 is 0. The number of amides is 2. The maximum Gasteiger partial charge on any atom is 0.276 e. The summed E-state index contributed by atoms with van der Waals surface area (Å²) in [4.78, 5) is 28.1. The van der Waals surface area contributed by atoms with Crippen LogP contribution in [0, 0.1) is 6.92 Å². The topological polar surface area (TPSA) is 78.7 Å². The van der Waals surface area contributed by atoms with Gasteiger partial charge in [0.2, 0.25) is 5.91 Å². The number of halogens is 1. The van der Waals surface area contributed by atoms with E-state index in [9.17, 15) is 9.59 Å². The lowest BCUT2D eigenvalue weighted by molar-refractivity contribution is -0.135. The summed E-state index contributed by atoms with van der Waals surface area (Å²) in [6.07, 6.45) is 1.86. The third-order valence-electron chi connectivity index (χ3n) is 4.10. The lowest BCUT2D eigenvalue weighted by atomic mass is 10.0. The predicted molar refractivity (Wildman–Crippen MR) is 82.0 cm³/mol. The number of hydrogen-bond acceptors (Lipinski definition) is 5. The molecule has 1 N–H and O–H groups in total. The van der Waals surface area contributed by atoms with Gasteiger partial charge in [0.25, 0.3) is 5.91 Å². The molecule has 3 heterocycles. The molecule has 0 radical (unpaired) electrons. The minimum absolute atomic E-state index is 0. The van der Waals surface area contributed by atoms with Crippen molar-refractivity contribution in [3.8, 4) is 0 Å². The Bertz CT molecular complexity index is 548. The second-order valence-corrected chi connectivity index (χ2v) is 5.63. The molecular weight excluding hydrogens is 308 g/mol. The fourth-order valence-corrected chi connectivity index (χ4v) is 3.03. The van der Waals surface area contributed by atoms with E-state index in [0.29, 0.717) is 37.6 Å². The number of nitrogens with one attached hydrogen (secondary N) is 1. The molecule has 2 amide bonds.